The molecule has 2 saturated heterocycles. The van der Waals surface area contributed by atoms with E-state index in [4.69, 9.17) is 15.6 Å². The molecule has 0 radical (unpaired) electrons. The van der Waals surface area contributed by atoms with Gasteiger partial charge in [-0.05, 0) is 62.2 Å². The molecule has 1 atom stereocenters. The van der Waals surface area contributed by atoms with E-state index in [0.29, 0.717) is 37.5 Å². The molecule has 0 spiro atoms. The number of nitrogens with zero attached hydrogens (tertiary/aromatic N) is 5. The zero-order valence-corrected chi connectivity index (χ0v) is 22.7. The molecule has 10 nitrogen and oxygen atoms in total. The van der Waals surface area contributed by atoms with Crippen molar-refractivity contribution in [3.63, 3.8) is 0 Å². The minimum absolute atomic E-state index is 0.0112. The van der Waals surface area contributed by atoms with Crippen LogP contribution in [0.15, 0.2) is 54.9 Å². The maximum Gasteiger partial charge on any atom is 0.416 e. The lowest BCUT2D eigenvalue weighted by atomic mass is 9.85. The number of hydrogen-bond acceptors (Lipinski definition) is 7. The van der Waals surface area contributed by atoms with Crippen LogP contribution in [0.1, 0.15) is 47.3 Å². The monoisotopic (exact) mass is 579 g/mol. The normalized spacial score (nSPS) is 18.5. The molecule has 2 aliphatic rings. The fraction of sp³-hybridized carbons (Fsp3) is 0.345. The third-order valence-corrected chi connectivity index (χ3v) is 7.80. The number of anilines is 2. The molecular weight excluding hydrogens is 551 g/mol. The summed E-state index contributed by atoms with van der Waals surface area (Å²) in [6, 6.07) is 9.90. The molecule has 0 aliphatic carbocycles. The molecule has 6 rings (SSSR count). The summed E-state index contributed by atoms with van der Waals surface area (Å²) in [5.41, 5.74) is 7.16. The summed E-state index contributed by atoms with van der Waals surface area (Å²) in [5.74, 6) is -0.454. The summed E-state index contributed by atoms with van der Waals surface area (Å²) in [6.07, 6.45) is -0.243. The fourth-order valence-electron chi connectivity index (χ4n) is 5.52. The number of nitrogen functional groups attached to an aromatic ring is 1. The zero-order chi connectivity index (χ0) is 29.6. The lowest BCUT2D eigenvalue weighted by molar-refractivity contribution is -0.169. The number of likely N-dealkylation sites (tertiary alicyclic amines) is 1. The van der Waals surface area contributed by atoms with E-state index in [0.717, 1.165) is 42.3 Å². The van der Waals surface area contributed by atoms with Crippen molar-refractivity contribution in [2.45, 2.75) is 31.9 Å². The average molecular weight is 580 g/mol. The van der Waals surface area contributed by atoms with Crippen molar-refractivity contribution in [1.82, 2.24) is 24.6 Å². The van der Waals surface area contributed by atoms with Crippen LogP contribution in [0.4, 0.5) is 24.8 Å². The highest BCUT2D eigenvalue weighted by Crippen LogP contribution is 2.37. The quantitative estimate of drug-likeness (QED) is 0.358. The molecule has 42 heavy (non-hydrogen) atoms. The van der Waals surface area contributed by atoms with Gasteiger partial charge in [0.05, 0.1) is 35.6 Å². The molecule has 5 heterocycles. The van der Waals surface area contributed by atoms with Gasteiger partial charge in [-0.15, -0.1) is 0 Å². The van der Waals surface area contributed by atoms with E-state index in [1.807, 2.05) is 17.9 Å². The largest absolute Gasteiger partial charge is 0.416 e. The second-order valence-corrected chi connectivity index (χ2v) is 11.0. The van der Waals surface area contributed by atoms with Crippen molar-refractivity contribution in [1.29, 1.82) is 0 Å². The summed E-state index contributed by atoms with van der Waals surface area (Å²) >= 11 is 0. The highest BCUT2D eigenvalue weighted by Gasteiger charge is 2.44. The van der Waals surface area contributed by atoms with Gasteiger partial charge in [-0.3, -0.25) is 9.59 Å². The van der Waals surface area contributed by atoms with Crippen LogP contribution in [0.2, 0.25) is 0 Å². The van der Waals surface area contributed by atoms with Crippen LogP contribution in [0, 0.1) is 5.41 Å². The van der Waals surface area contributed by atoms with Crippen LogP contribution >= 0.6 is 0 Å². The predicted molar refractivity (Wildman–Crippen MR) is 148 cm³/mol. The van der Waals surface area contributed by atoms with Crippen molar-refractivity contribution in [2.75, 3.05) is 37.4 Å². The van der Waals surface area contributed by atoms with Crippen molar-refractivity contribution < 1.29 is 27.5 Å². The Balaban J connectivity index is 1.26. The van der Waals surface area contributed by atoms with E-state index in [1.54, 1.807) is 35.1 Å². The summed E-state index contributed by atoms with van der Waals surface area (Å²) < 4.78 is 46.1. The summed E-state index contributed by atoms with van der Waals surface area (Å²) in [4.78, 5) is 35.9. The van der Waals surface area contributed by atoms with Gasteiger partial charge in [-0.1, -0.05) is 0 Å². The fourth-order valence-corrected chi connectivity index (χ4v) is 5.52. The maximum atomic E-state index is 13.2. The van der Waals surface area contributed by atoms with E-state index < -0.39 is 23.1 Å². The third-order valence-electron chi connectivity index (χ3n) is 7.80. The van der Waals surface area contributed by atoms with Crippen molar-refractivity contribution in [3.8, 4) is 5.69 Å². The van der Waals surface area contributed by atoms with Crippen LogP contribution < -0.4 is 11.1 Å². The van der Waals surface area contributed by atoms with Crippen molar-refractivity contribution in [2.24, 2.45) is 5.41 Å². The second kappa shape index (κ2) is 10.4. The SMILES string of the molecule is CC1(C(=O)N2CCCC(c3nn(-c4ccc(C(=O)Nc5cc(C(F)(F)F)ccn5)cc4)c4c(N)nccc34)C2)COC1. The molecule has 0 bridgehead atoms. The summed E-state index contributed by atoms with van der Waals surface area (Å²) in [7, 11) is 0. The first-order valence-corrected chi connectivity index (χ1v) is 13.5. The molecule has 2 aliphatic heterocycles. The highest BCUT2D eigenvalue weighted by molar-refractivity contribution is 6.04. The maximum absolute atomic E-state index is 13.2. The van der Waals surface area contributed by atoms with Crippen molar-refractivity contribution in [3.05, 3.63) is 71.7 Å². The number of amides is 2. The molecule has 3 aromatic heterocycles. The number of fused-ring (bicyclic) bond motifs is 1. The van der Waals surface area contributed by atoms with Gasteiger partial charge < -0.3 is 20.7 Å². The van der Waals surface area contributed by atoms with E-state index in [1.165, 1.54) is 0 Å². The number of halogens is 3. The molecule has 1 aromatic carbocycles. The van der Waals surface area contributed by atoms with Gasteiger partial charge in [-0.2, -0.15) is 18.3 Å². The first-order chi connectivity index (χ1) is 20.0. The topological polar surface area (TPSA) is 128 Å². The van der Waals surface area contributed by atoms with Gasteiger partial charge in [0.2, 0.25) is 5.91 Å². The van der Waals surface area contributed by atoms with Gasteiger partial charge in [0, 0.05) is 42.4 Å². The number of piperidine rings is 1. The number of hydrogen-bond donors (Lipinski definition) is 2. The Morgan fingerprint density at radius 1 is 1.10 bits per heavy atom. The standard InChI is InChI=1S/C29H28F3N7O3/c1-28(15-42-16-28)27(41)38-12-2-3-18(14-38)23-21-9-11-35-25(33)24(21)39(37-23)20-6-4-17(5-7-20)26(40)36-22-13-19(8-10-34-22)29(30,31)32/h4-11,13,18H,2-3,12,14-16H2,1H3,(H2,33,35)(H,34,36,40). The van der Waals surface area contributed by atoms with E-state index in [2.05, 4.69) is 15.3 Å². The molecule has 0 saturated carbocycles. The van der Waals surface area contributed by atoms with E-state index >= 15 is 0 Å². The lowest BCUT2D eigenvalue weighted by Crippen LogP contribution is -2.55. The van der Waals surface area contributed by atoms with Gasteiger partial charge in [0.25, 0.3) is 5.91 Å². The molecule has 218 valence electrons. The number of aromatic nitrogens is 4. The molecule has 13 heteroatoms. The minimum atomic E-state index is -4.55. The minimum Gasteiger partial charge on any atom is -0.382 e. The van der Waals surface area contributed by atoms with E-state index in [-0.39, 0.29) is 29.0 Å². The van der Waals surface area contributed by atoms with Gasteiger partial charge in [0.15, 0.2) is 0 Å². The Kier molecular flexibility index (Phi) is 6.84. The first kappa shape index (κ1) is 27.6. The molecule has 4 aromatic rings. The number of pyridine rings is 2. The van der Waals surface area contributed by atoms with Crippen LogP contribution in [-0.4, -0.2) is 62.8 Å². The molecule has 3 N–H and O–H groups in total. The Bertz CT molecular complexity index is 1670. The number of rotatable bonds is 5. The molecule has 1 unspecified atom stereocenters. The van der Waals surface area contributed by atoms with Crippen LogP contribution in [-0.2, 0) is 15.7 Å². The van der Waals surface area contributed by atoms with Crippen LogP contribution in [0.5, 0.6) is 0 Å². The number of benzene rings is 1. The number of alkyl halides is 3. The van der Waals surface area contributed by atoms with Crippen LogP contribution in [0.3, 0.4) is 0 Å². The summed E-state index contributed by atoms with van der Waals surface area (Å²) in [6.45, 7) is 4.01. The predicted octanol–water partition coefficient (Wildman–Crippen LogP) is 4.41. The van der Waals surface area contributed by atoms with Crippen LogP contribution in [0.25, 0.3) is 16.6 Å². The molecular formula is C29H28F3N7O3. The number of ether oxygens (including phenoxy) is 1. The third kappa shape index (κ3) is 5.04. The molecule has 2 fully saturated rings. The Hall–Kier alpha value is -4.52. The van der Waals surface area contributed by atoms with Gasteiger partial charge in [0.1, 0.15) is 17.2 Å². The summed E-state index contributed by atoms with van der Waals surface area (Å²) in [5, 5.41) is 8.16. The van der Waals surface area contributed by atoms with Gasteiger partial charge in [-0.25, -0.2) is 14.6 Å². The number of nitrogens with one attached hydrogen (secondary N) is 1. The number of carbonyl (C=O) groups is 2. The number of nitrogens with two attached hydrogens (primary N) is 1. The number of carbonyl (C=O) groups excluding carboxylic acids is 2. The van der Waals surface area contributed by atoms with Gasteiger partial charge >= 0.3 is 6.18 Å². The first-order valence-electron chi connectivity index (χ1n) is 13.5. The Morgan fingerprint density at radius 3 is 2.52 bits per heavy atom. The smallest absolute Gasteiger partial charge is 0.382 e. The Morgan fingerprint density at radius 2 is 1.83 bits per heavy atom. The average Bonchev–Trinajstić information content (AvgIpc) is 3.36. The lowest BCUT2D eigenvalue weighted by Gasteiger charge is -2.42. The highest BCUT2D eigenvalue weighted by atomic mass is 19.4. The Labute approximate surface area is 238 Å². The van der Waals surface area contributed by atoms with E-state index in [9.17, 15) is 22.8 Å². The zero-order valence-electron chi connectivity index (χ0n) is 22.7. The van der Waals surface area contributed by atoms with Crippen molar-refractivity contribution >= 4 is 34.4 Å². The second-order valence-electron chi connectivity index (χ2n) is 11.0. The molecule has 2 amide bonds.